The van der Waals surface area contributed by atoms with Crippen molar-refractivity contribution < 1.29 is 0 Å². The molecule has 5 nitrogen and oxygen atoms in total. The van der Waals surface area contributed by atoms with E-state index in [-0.39, 0.29) is 11.1 Å². The molecule has 130 valence electrons. The van der Waals surface area contributed by atoms with Crippen LogP contribution in [0.15, 0.2) is 70.3 Å². The normalized spacial score (nSPS) is 11.2. The van der Waals surface area contributed by atoms with E-state index in [1.807, 2.05) is 68.4 Å². The van der Waals surface area contributed by atoms with Crippen molar-refractivity contribution in [3.05, 3.63) is 98.2 Å². The summed E-state index contributed by atoms with van der Waals surface area (Å²) in [6.07, 6.45) is 0. The molecule has 0 saturated heterocycles. The molecule has 0 aliphatic rings. The van der Waals surface area contributed by atoms with Gasteiger partial charge in [0.1, 0.15) is 0 Å². The van der Waals surface area contributed by atoms with Gasteiger partial charge in [0.05, 0.1) is 23.1 Å². The SMILES string of the molecule is Cc1ccccc1-n1[nH]c2cc(=O)n(Cc3ccccc3)c(C)c2c1=O. The Labute approximate surface area is 150 Å². The Morgan fingerprint density at radius 3 is 2.35 bits per heavy atom. The monoisotopic (exact) mass is 345 g/mol. The standard InChI is InChI=1S/C21H19N3O2/c1-14-8-6-7-11-18(14)24-21(26)20-15(2)23(19(25)12-17(20)22-24)13-16-9-4-3-5-10-16/h3-12,22H,13H2,1-2H3. The lowest BCUT2D eigenvalue weighted by Gasteiger charge is -2.10. The van der Waals surface area contributed by atoms with Gasteiger partial charge in [0.15, 0.2) is 0 Å². The number of aromatic nitrogens is 3. The number of hydrogen-bond donors (Lipinski definition) is 1. The number of para-hydroxylation sites is 1. The summed E-state index contributed by atoms with van der Waals surface area (Å²) >= 11 is 0. The van der Waals surface area contributed by atoms with Crippen LogP contribution in [0.4, 0.5) is 0 Å². The Morgan fingerprint density at radius 2 is 1.62 bits per heavy atom. The third-order valence-electron chi connectivity index (χ3n) is 4.76. The van der Waals surface area contributed by atoms with Crippen LogP contribution >= 0.6 is 0 Å². The topological polar surface area (TPSA) is 59.8 Å². The molecule has 0 saturated carbocycles. The fraction of sp³-hybridized carbons (Fsp3) is 0.143. The molecule has 0 amide bonds. The summed E-state index contributed by atoms with van der Waals surface area (Å²) in [5.41, 5.74) is 3.75. The highest BCUT2D eigenvalue weighted by Crippen LogP contribution is 2.16. The molecule has 0 aliphatic heterocycles. The molecule has 5 heteroatoms. The Morgan fingerprint density at radius 1 is 0.923 bits per heavy atom. The van der Waals surface area contributed by atoms with Crippen LogP contribution in [-0.2, 0) is 6.54 Å². The van der Waals surface area contributed by atoms with Crippen LogP contribution in [0.5, 0.6) is 0 Å². The van der Waals surface area contributed by atoms with Crippen LogP contribution in [0.2, 0.25) is 0 Å². The van der Waals surface area contributed by atoms with Gasteiger partial charge in [-0.2, -0.15) is 0 Å². The third kappa shape index (κ3) is 2.58. The van der Waals surface area contributed by atoms with Crippen molar-refractivity contribution in [3.63, 3.8) is 0 Å². The summed E-state index contributed by atoms with van der Waals surface area (Å²) in [6, 6.07) is 18.9. The molecule has 4 aromatic rings. The molecule has 26 heavy (non-hydrogen) atoms. The van der Waals surface area contributed by atoms with E-state index in [9.17, 15) is 9.59 Å². The highest BCUT2D eigenvalue weighted by atomic mass is 16.1. The number of aromatic amines is 1. The second-order valence-corrected chi connectivity index (χ2v) is 6.47. The van der Waals surface area contributed by atoms with Crippen molar-refractivity contribution in [1.29, 1.82) is 0 Å². The van der Waals surface area contributed by atoms with Crippen molar-refractivity contribution in [3.8, 4) is 5.69 Å². The lowest BCUT2D eigenvalue weighted by Crippen LogP contribution is -2.23. The van der Waals surface area contributed by atoms with Gasteiger partial charge in [0.2, 0.25) is 0 Å². The Bertz CT molecular complexity index is 1210. The maximum Gasteiger partial charge on any atom is 0.280 e. The Kier molecular flexibility index (Phi) is 3.84. The number of fused-ring (bicyclic) bond motifs is 1. The molecular weight excluding hydrogens is 326 g/mol. The van der Waals surface area contributed by atoms with E-state index in [2.05, 4.69) is 5.10 Å². The zero-order valence-electron chi connectivity index (χ0n) is 14.7. The summed E-state index contributed by atoms with van der Waals surface area (Å²) in [6.45, 7) is 4.22. The molecule has 4 rings (SSSR count). The minimum Gasteiger partial charge on any atom is -0.308 e. The van der Waals surface area contributed by atoms with Crippen LogP contribution in [0, 0.1) is 13.8 Å². The summed E-state index contributed by atoms with van der Waals surface area (Å²) in [5, 5.41) is 3.63. The lowest BCUT2D eigenvalue weighted by atomic mass is 10.2. The molecule has 0 unspecified atom stereocenters. The van der Waals surface area contributed by atoms with Gasteiger partial charge in [0, 0.05) is 11.8 Å². The van der Waals surface area contributed by atoms with Crippen LogP contribution in [0.1, 0.15) is 16.8 Å². The number of pyridine rings is 1. The fourth-order valence-electron chi connectivity index (χ4n) is 3.36. The van der Waals surface area contributed by atoms with Gasteiger partial charge in [-0.3, -0.25) is 14.7 Å². The van der Waals surface area contributed by atoms with Crippen LogP contribution in [0.25, 0.3) is 16.6 Å². The average molecular weight is 345 g/mol. The highest BCUT2D eigenvalue weighted by Gasteiger charge is 2.16. The van der Waals surface area contributed by atoms with Gasteiger partial charge >= 0.3 is 0 Å². The summed E-state index contributed by atoms with van der Waals surface area (Å²) in [5.74, 6) is 0. The molecule has 2 heterocycles. The second kappa shape index (κ2) is 6.19. The Hall–Kier alpha value is -3.34. The van der Waals surface area contributed by atoms with Gasteiger partial charge in [-0.1, -0.05) is 48.5 Å². The summed E-state index contributed by atoms with van der Waals surface area (Å²) < 4.78 is 3.16. The van der Waals surface area contributed by atoms with Crippen LogP contribution < -0.4 is 11.1 Å². The summed E-state index contributed by atoms with van der Waals surface area (Å²) in [4.78, 5) is 25.6. The van der Waals surface area contributed by atoms with Gasteiger partial charge in [-0.05, 0) is 31.0 Å². The average Bonchev–Trinajstić information content (AvgIpc) is 2.96. The molecular formula is C21H19N3O2. The van der Waals surface area contributed by atoms with Crippen molar-refractivity contribution in [2.75, 3.05) is 0 Å². The zero-order valence-corrected chi connectivity index (χ0v) is 14.7. The minimum absolute atomic E-state index is 0.128. The molecule has 0 radical (unpaired) electrons. The number of nitrogens with zero attached hydrogens (tertiary/aromatic N) is 2. The number of H-pyrrole nitrogens is 1. The molecule has 0 atom stereocenters. The molecule has 0 fully saturated rings. The van der Waals surface area contributed by atoms with Gasteiger partial charge in [0.25, 0.3) is 11.1 Å². The maximum absolute atomic E-state index is 13.0. The first-order valence-corrected chi connectivity index (χ1v) is 8.51. The second-order valence-electron chi connectivity index (χ2n) is 6.47. The first kappa shape index (κ1) is 16.1. The van der Waals surface area contributed by atoms with Crippen molar-refractivity contribution in [2.45, 2.75) is 20.4 Å². The number of aryl methyl sites for hydroxylation is 2. The van der Waals surface area contributed by atoms with E-state index in [0.29, 0.717) is 23.1 Å². The predicted octanol–water partition coefficient (Wildman–Crippen LogP) is 3.15. The van der Waals surface area contributed by atoms with Crippen LogP contribution in [-0.4, -0.2) is 14.3 Å². The van der Waals surface area contributed by atoms with E-state index in [1.165, 1.54) is 10.7 Å². The maximum atomic E-state index is 13.0. The predicted molar refractivity (Wildman–Crippen MR) is 103 cm³/mol. The molecule has 1 N–H and O–H groups in total. The highest BCUT2D eigenvalue weighted by molar-refractivity contribution is 5.80. The van der Waals surface area contributed by atoms with E-state index in [1.54, 1.807) is 4.57 Å². The van der Waals surface area contributed by atoms with E-state index in [4.69, 9.17) is 0 Å². The number of rotatable bonds is 3. The smallest absolute Gasteiger partial charge is 0.280 e. The number of benzene rings is 2. The first-order valence-electron chi connectivity index (χ1n) is 8.51. The summed E-state index contributed by atoms with van der Waals surface area (Å²) in [7, 11) is 0. The quantitative estimate of drug-likeness (QED) is 0.620. The zero-order chi connectivity index (χ0) is 18.3. The largest absolute Gasteiger partial charge is 0.308 e. The van der Waals surface area contributed by atoms with E-state index < -0.39 is 0 Å². The lowest BCUT2D eigenvalue weighted by molar-refractivity contribution is 0.738. The molecule has 0 spiro atoms. The number of nitrogens with one attached hydrogen (secondary N) is 1. The minimum atomic E-state index is -0.145. The van der Waals surface area contributed by atoms with Crippen molar-refractivity contribution in [1.82, 2.24) is 14.3 Å². The third-order valence-corrected chi connectivity index (χ3v) is 4.76. The van der Waals surface area contributed by atoms with Crippen LogP contribution in [0.3, 0.4) is 0 Å². The fourth-order valence-corrected chi connectivity index (χ4v) is 3.36. The molecule has 0 bridgehead atoms. The van der Waals surface area contributed by atoms with Crippen molar-refractivity contribution in [2.24, 2.45) is 0 Å². The van der Waals surface area contributed by atoms with Gasteiger partial charge in [-0.25, -0.2) is 4.68 Å². The van der Waals surface area contributed by atoms with Gasteiger partial charge in [-0.15, -0.1) is 0 Å². The van der Waals surface area contributed by atoms with E-state index in [0.717, 1.165) is 16.8 Å². The first-order chi connectivity index (χ1) is 12.6. The number of hydrogen-bond acceptors (Lipinski definition) is 2. The Balaban J connectivity index is 1.93. The molecule has 2 aromatic carbocycles. The van der Waals surface area contributed by atoms with Gasteiger partial charge < -0.3 is 4.57 Å². The van der Waals surface area contributed by atoms with Crippen molar-refractivity contribution >= 4 is 10.9 Å². The molecule has 2 aromatic heterocycles. The van der Waals surface area contributed by atoms with E-state index >= 15 is 0 Å². The molecule has 0 aliphatic carbocycles.